The molecular formula is C17H21NO2S. The molecule has 2 aromatic rings. The van der Waals surface area contributed by atoms with Gasteiger partial charge in [0, 0.05) is 18.5 Å². The summed E-state index contributed by atoms with van der Waals surface area (Å²) in [5, 5.41) is 3.35. The molecule has 0 spiro atoms. The van der Waals surface area contributed by atoms with Crippen LogP contribution >= 0.6 is 0 Å². The molecule has 0 aliphatic heterocycles. The van der Waals surface area contributed by atoms with Crippen molar-refractivity contribution in [1.29, 1.82) is 0 Å². The quantitative estimate of drug-likeness (QED) is 0.938. The maximum absolute atomic E-state index is 11.6. The molecule has 0 atom stereocenters. The van der Waals surface area contributed by atoms with Crippen molar-refractivity contribution >= 4 is 15.5 Å². The normalized spacial score (nSPS) is 11.4. The van der Waals surface area contributed by atoms with E-state index in [0.29, 0.717) is 11.4 Å². The van der Waals surface area contributed by atoms with Gasteiger partial charge in [-0.25, -0.2) is 8.42 Å². The van der Waals surface area contributed by atoms with Crippen LogP contribution in [0.25, 0.3) is 0 Å². The average Bonchev–Trinajstić information content (AvgIpc) is 2.40. The summed E-state index contributed by atoms with van der Waals surface area (Å²) in [7, 11) is -3.18. The predicted octanol–water partition coefficient (Wildman–Crippen LogP) is 3.63. The Hall–Kier alpha value is -1.81. The van der Waals surface area contributed by atoms with Gasteiger partial charge in [0.05, 0.1) is 4.90 Å². The van der Waals surface area contributed by atoms with Crippen LogP contribution in [-0.2, 0) is 16.4 Å². The van der Waals surface area contributed by atoms with Crippen LogP contribution in [0.3, 0.4) is 0 Å². The van der Waals surface area contributed by atoms with Gasteiger partial charge in [-0.2, -0.15) is 0 Å². The van der Waals surface area contributed by atoms with Crippen molar-refractivity contribution in [2.45, 2.75) is 32.2 Å². The lowest BCUT2D eigenvalue weighted by molar-refractivity contribution is 0.602. The monoisotopic (exact) mass is 303 g/mol. The number of hydrogen-bond acceptors (Lipinski definition) is 3. The Balaban J connectivity index is 2.26. The molecule has 2 rings (SSSR count). The average molecular weight is 303 g/mol. The van der Waals surface area contributed by atoms with Crippen molar-refractivity contribution < 1.29 is 8.42 Å². The Morgan fingerprint density at radius 2 is 1.71 bits per heavy atom. The molecule has 0 aliphatic carbocycles. The van der Waals surface area contributed by atoms with Crippen LogP contribution < -0.4 is 5.32 Å². The molecule has 112 valence electrons. The first-order valence-electron chi connectivity index (χ1n) is 6.88. The number of benzene rings is 2. The van der Waals surface area contributed by atoms with E-state index in [2.05, 4.69) is 31.3 Å². The first-order chi connectivity index (χ1) is 9.79. The third kappa shape index (κ3) is 3.64. The highest BCUT2D eigenvalue weighted by Crippen LogP contribution is 2.22. The highest BCUT2D eigenvalue weighted by molar-refractivity contribution is 7.90. The maximum atomic E-state index is 11.6. The number of anilines is 1. The SMILES string of the molecule is Cc1ccc(S(C)(=O)=O)cc1NCc1cccc(C)c1C. The number of rotatable bonds is 4. The zero-order chi connectivity index (χ0) is 15.6. The van der Waals surface area contributed by atoms with Gasteiger partial charge >= 0.3 is 0 Å². The van der Waals surface area contributed by atoms with Crippen LogP contribution in [0.15, 0.2) is 41.3 Å². The van der Waals surface area contributed by atoms with E-state index in [4.69, 9.17) is 0 Å². The Labute approximate surface area is 126 Å². The van der Waals surface area contributed by atoms with Crippen LogP contribution in [0, 0.1) is 20.8 Å². The molecule has 0 saturated carbocycles. The highest BCUT2D eigenvalue weighted by Gasteiger charge is 2.09. The molecule has 21 heavy (non-hydrogen) atoms. The molecule has 3 nitrogen and oxygen atoms in total. The summed E-state index contributed by atoms with van der Waals surface area (Å²) in [5.74, 6) is 0. The van der Waals surface area contributed by atoms with Crippen molar-refractivity contribution in [3.8, 4) is 0 Å². The lowest BCUT2D eigenvalue weighted by Crippen LogP contribution is -2.05. The van der Waals surface area contributed by atoms with E-state index in [9.17, 15) is 8.42 Å². The van der Waals surface area contributed by atoms with Crippen LogP contribution in [0.1, 0.15) is 22.3 Å². The van der Waals surface area contributed by atoms with E-state index in [1.165, 1.54) is 22.9 Å². The van der Waals surface area contributed by atoms with Gasteiger partial charge in [0.15, 0.2) is 9.84 Å². The third-order valence-electron chi connectivity index (χ3n) is 3.82. The van der Waals surface area contributed by atoms with Gasteiger partial charge < -0.3 is 5.32 Å². The molecule has 4 heteroatoms. The smallest absolute Gasteiger partial charge is 0.175 e. The Bertz CT molecular complexity index is 764. The van der Waals surface area contributed by atoms with Gasteiger partial charge in [0.2, 0.25) is 0 Å². The minimum Gasteiger partial charge on any atom is -0.381 e. The van der Waals surface area contributed by atoms with Gasteiger partial charge in [-0.05, 0) is 55.2 Å². The second kappa shape index (κ2) is 5.90. The molecule has 0 aliphatic rings. The zero-order valence-corrected chi connectivity index (χ0v) is 13.7. The Morgan fingerprint density at radius 1 is 1.00 bits per heavy atom. The van der Waals surface area contributed by atoms with Crippen molar-refractivity contribution in [1.82, 2.24) is 0 Å². The van der Waals surface area contributed by atoms with Crippen LogP contribution in [0.4, 0.5) is 5.69 Å². The second-order valence-electron chi connectivity index (χ2n) is 5.46. The van der Waals surface area contributed by atoms with Gasteiger partial charge in [0.25, 0.3) is 0 Å². The summed E-state index contributed by atoms with van der Waals surface area (Å²) in [6, 6.07) is 11.4. The molecule has 0 bridgehead atoms. The summed E-state index contributed by atoms with van der Waals surface area (Å²) in [4.78, 5) is 0.344. The van der Waals surface area contributed by atoms with E-state index in [0.717, 1.165) is 11.3 Å². The Morgan fingerprint density at radius 3 is 2.38 bits per heavy atom. The molecule has 0 saturated heterocycles. The number of aryl methyl sites for hydroxylation is 2. The summed E-state index contributed by atoms with van der Waals surface area (Å²) in [5.41, 5.74) is 5.64. The van der Waals surface area contributed by atoms with Crippen molar-refractivity contribution in [3.05, 3.63) is 58.7 Å². The van der Waals surface area contributed by atoms with Crippen molar-refractivity contribution in [2.75, 3.05) is 11.6 Å². The number of hydrogen-bond donors (Lipinski definition) is 1. The zero-order valence-electron chi connectivity index (χ0n) is 12.9. The number of sulfone groups is 1. The van der Waals surface area contributed by atoms with Crippen molar-refractivity contribution in [2.24, 2.45) is 0 Å². The van der Waals surface area contributed by atoms with Crippen LogP contribution in [-0.4, -0.2) is 14.7 Å². The van der Waals surface area contributed by atoms with E-state index < -0.39 is 9.84 Å². The van der Waals surface area contributed by atoms with E-state index >= 15 is 0 Å². The molecule has 0 fully saturated rings. The van der Waals surface area contributed by atoms with Crippen LogP contribution in [0.2, 0.25) is 0 Å². The molecule has 0 heterocycles. The fourth-order valence-electron chi connectivity index (χ4n) is 2.22. The summed E-state index contributed by atoms with van der Waals surface area (Å²) in [6.07, 6.45) is 1.23. The first-order valence-corrected chi connectivity index (χ1v) is 8.78. The van der Waals surface area contributed by atoms with Gasteiger partial charge in [-0.15, -0.1) is 0 Å². The second-order valence-corrected chi connectivity index (χ2v) is 7.48. The molecule has 1 N–H and O–H groups in total. The summed E-state index contributed by atoms with van der Waals surface area (Å²) >= 11 is 0. The lowest BCUT2D eigenvalue weighted by atomic mass is 10.0. The predicted molar refractivity (Wildman–Crippen MR) is 87.5 cm³/mol. The molecule has 0 aromatic heterocycles. The molecule has 0 amide bonds. The fourth-order valence-corrected chi connectivity index (χ4v) is 2.86. The largest absolute Gasteiger partial charge is 0.381 e. The number of nitrogens with one attached hydrogen (secondary N) is 1. The fraction of sp³-hybridized carbons (Fsp3) is 0.294. The van der Waals surface area contributed by atoms with E-state index in [-0.39, 0.29) is 0 Å². The van der Waals surface area contributed by atoms with Gasteiger partial charge in [0.1, 0.15) is 0 Å². The topological polar surface area (TPSA) is 46.2 Å². The van der Waals surface area contributed by atoms with E-state index in [1.807, 2.05) is 19.1 Å². The summed E-state index contributed by atoms with van der Waals surface area (Å²) < 4.78 is 23.3. The van der Waals surface area contributed by atoms with Gasteiger partial charge in [-0.3, -0.25) is 0 Å². The molecule has 0 unspecified atom stereocenters. The maximum Gasteiger partial charge on any atom is 0.175 e. The Kier molecular flexibility index (Phi) is 4.37. The molecular weight excluding hydrogens is 282 g/mol. The van der Waals surface area contributed by atoms with E-state index in [1.54, 1.807) is 12.1 Å². The highest BCUT2D eigenvalue weighted by atomic mass is 32.2. The third-order valence-corrected chi connectivity index (χ3v) is 4.93. The summed E-state index contributed by atoms with van der Waals surface area (Å²) in [6.45, 7) is 6.85. The lowest BCUT2D eigenvalue weighted by Gasteiger charge is -2.13. The minimum absolute atomic E-state index is 0.344. The van der Waals surface area contributed by atoms with Crippen molar-refractivity contribution in [3.63, 3.8) is 0 Å². The minimum atomic E-state index is -3.18. The molecule has 0 radical (unpaired) electrons. The molecule has 2 aromatic carbocycles. The van der Waals surface area contributed by atoms with Gasteiger partial charge in [-0.1, -0.05) is 24.3 Å². The first kappa shape index (κ1) is 15.6. The standard InChI is InChI=1S/C17H21NO2S/c1-12-6-5-7-15(14(12)3)11-18-17-10-16(21(4,19)20)9-8-13(17)2/h5-10,18H,11H2,1-4H3. The van der Waals surface area contributed by atoms with Crippen LogP contribution in [0.5, 0.6) is 0 Å².